The molecule has 2 aromatic carbocycles. The van der Waals surface area contributed by atoms with E-state index in [2.05, 4.69) is 10.4 Å². The molecule has 1 N–H and O–H groups in total. The van der Waals surface area contributed by atoms with Gasteiger partial charge in [-0.1, -0.05) is 30.3 Å². The average molecular weight is 448 g/mol. The van der Waals surface area contributed by atoms with E-state index in [-0.39, 0.29) is 23.6 Å². The van der Waals surface area contributed by atoms with Crippen molar-refractivity contribution in [2.75, 3.05) is 11.9 Å². The summed E-state index contributed by atoms with van der Waals surface area (Å²) >= 11 is 1.17. The highest BCUT2D eigenvalue weighted by atomic mass is 32.1. The quantitative estimate of drug-likeness (QED) is 0.455. The molecule has 0 aliphatic heterocycles. The van der Waals surface area contributed by atoms with Gasteiger partial charge >= 0.3 is 5.97 Å². The molecule has 2 aromatic heterocycles. The Balaban J connectivity index is 1.91. The first-order valence-electron chi connectivity index (χ1n) is 10.1. The number of aryl methyl sites for hydroxylation is 2. The van der Waals surface area contributed by atoms with Crippen LogP contribution in [0.3, 0.4) is 0 Å². The van der Waals surface area contributed by atoms with Crippen LogP contribution in [0.25, 0.3) is 16.5 Å². The van der Waals surface area contributed by atoms with Crippen LogP contribution < -0.4 is 10.9 Å². The molecule has 1 amide bonds. The minimum atomic E-state index is -0.631. The second-order valence-electron chi connectivity index (χ2n) is 7.25. The molecule has 2 heterocycles. The van der Waals surface area contributed by atoms with Crippen molar-refractivity contribution in [3.63, 3.8) is 0 Å². The van der Waals surface area contributed by atoms with Gasteiger partial charge in [-0.2, -0.15) is 9.78 Å². The van der Waals surface area contributed by atoms with Crippen LogP contribution >= 0.6 is 11.3 Å². The maximum atomic E-state index is 13.4. The fourth-order valence-electron chi connectivity index (χ4n) is 3.42. The van der Waals surface area contributed by atoms with Crippen LogP contribution in [0.2, 0.25) is 0 Å². The highest BCUT2D eigenvalue weighted by molar-refractivity contribution is 7.16. The van der Waals surface area contributed by atoms with E-state index in [1.165, 1.54) is 16.0 Å². The minimum absolute atomic E-state index is 0.0237. The van der Waals surface area contributed by atoms with Gasteiger partial charge in [0.25, 0.3) is 11.5 Å². The summed E-state index contributed by atoms with van der Waals surface area (Å²) in [6, 6.07) is 14.4. The SMILES string of the molecule is CCOC(=O)c1nn(-c2cccc(C)c2)c(=O)c2c(NC(=O)c3ccccc3C)scc12. The molecule has 0 unspecified atom stereocenters. The molecule has 0 aliphatic carbocycles. The van der Waals surface area contributed by atoms with Gasteiger partial charge < -0.3 is 10.1 Å². The van der Waals surface area contributed by atoms with Gasteiger partial charge in [0, 0.05) is 16.3 Å². The van der Waals surface area contributed by atoms with Crippen LogP contribution in [0.5, 0.6) is 0 Å². The van der Waals surface area contributed by atoms with E-state index < -0.39 is 11.5 Å². The minimum Gasteiger partial charge on any atom is -0.461 e. The van der Waals surface area contributed by atoms with E-state index in [1.807, 2.05) is 38.1 Å². The van der Waals surface area contributed by atoms with Crippen molar-refractivity contribution < 1.29 is 14.3 Å². The third-order valence-corrected chi connectivity index (χ3v) is 5.88. The van der Waals surface area contributed by atoms with Gasteiger partial charge in [0.15, 0.2) is 5.69 Å². The Hall–Kier alpha value is -3.78. The molecule has 0 saturated heterocycles. The summed E-state index contributed by atoms with van der Waals surface area (Å²) in [6.07, 6.45) is 0. The maximum absolute atomic E-state index is 13.4. The molecular weight excluding hydrogens is 426 g/mol. The smallest absolute Gasteiger partial charge is 0.359 e. The lowest BCUT2D eigenvalue weighted by atomic mass is 10.1. The predicted octanol–water partition coefficient (Wildman–Crippen LogP) is 4.49. The first-order chi connectivity index (χ1) is 15.4. The summed E-state index contributed by atoms with van der Waals surface area (Å²) in [5.74, 6) is -0.962. The lowest BCUT2D eigenvalue weighted by Crippen LogP contribution is -2.25. The average Bonchev–Trinajstić information content (AvgIpc) is 3.18. The van der Waals surface area contributed by atoms with Gasteiger partial charge in [0.1, 0.15) is 5.00 Å². The number of nitrogens with zero attached hydrogens (tertiary/aromatic N) is 2. The van der Waals surface area contributed by atoms with Crippen molar-refractivity contribution in [1.29, 1.82) is 0 Å². The van der Waals surface area contributed by atoms with Crippen LogP contribution in [0.15, 0.2) is 58.7 Å². The zero-order chi connectivity index (χ0) is 22.8. The molecule has 0 bridgehead atoms. The van der Waals surface area contributed by atoms with Crippen LogP contribution in [0.4, 0.5) is 5.00 Å². The number of carbonyl (C=O) groups is 2. The molecule has 0 aliphatic rings. The third-order valence-electron chi connectivity index (χ3n) is 4.98. The lowest BCUT2D eigenvalue weighted by molar-refractivity contribution is 0.0520. The van der Waals surface area contributed by atoms with Gasteiger partial charge in [-0.25, -0.2) is 4.79 Å². The summed E-state index contributed by atoms with van der Waals surface area (Å²) < 4.78 is 6.34. The molecule has 4 rings (SSSR count). The summed E-state index contributed by atoms with van der Waals surface area (Å²) in [6.45, 7) is 5.62. The molecule has 0 radical (unpaired) electrons. The van der Waals surface area contributed by atoms with Crippen LogP contribution in [-0.4, -0.2) is 28.3 Å². The molecule has 162 valence electrons. The molecule has 32 heavy (non-hydrogen) atoms. The van der Waals surface area contributed by atoms with E-state index in [0.717, 1.165) is 11.1 Å². The highest BCUT2D eigenvalue weighted by Gasteiger charge is 2.23. The summed E-state index contributed by atoms with van der Waals surface area (Å²) in [5, 5.41) is 9.72. The molecule has 8 heteroatoms. The van der Waals surface area contributed by atoms with Crippen molar-refractivity contribution in [2.45, 2.75) is 20.8 Å². The zero-order valence-electron chi connectivity index (χ0n) is 17.8. The Morgan fingerprint density at radius 1 is 1.12 bits per heavy atom. The van der Waals surface area contributed by atoms with Crippen molar-refractivity contribution in [3.8, 4) is 5.69 Å². The molecule has 0 spiro atoms. The van der Waals surface area contributed by atoms with E-state index in [0.29, 0.717) is 21.6 Å². The number of fused-ring (bicyclic) bond motifs is 1. The Labute approximate surface area is 188 Å². The number of anilines is 1. The number of carbonyl (C=O) groups excluding carboxylic acids is 2. The van der Waals surface area contributed by atoms with E-state index in [1.54, 1.807) is 36.6 Å². The maximum Gasteiger partial charge on any atom is 0.359 e. The summed E-state index contributed by atoms with van der Waals surface area (Å²) in [4.78, 5) is 39.0. The number of hydrogen-bond acceptors (Lipinski definition) is 6. The molecule has 0 saturated carbocycles. The summed E-state index contributed by atoms with van der Waals surface area (Å²) in [5.41, 5.74) is 2.37. The number of ether oxygens (including phenoxy) is 1. The molecule has 0 fully saturated rings. The Bertz CT molecular complexity index is 1400. The fourth-order valence-corrected chi connectivity index (χ4v) is 4.36. The van der Waals surface area contributed by atoms with Crippen molar-refractivity contribution >= 4 is 39.0 Å². The topological polar surface area (TPSA) is 90.3 Å². The first-order valence-corrected chi connectivity index (χ1v) is 10.9. The lowest BCUT2D eigenvalue weighted by Gasteiger charge is -2.11. The van der Waals surface area contributed by atoms with Crippen molar-refractivity contribution in [1.82, 2.24) is 9.78 Å². The second-order valence-corrected chi connectivity index (χ2v) is 8.13. The van der Waals surface area contributed by atoms with Crippen molar-refractivity contribution in [2.24, 2.45) is 0 Å². The van der Waals surface area contributed by atoms with Crippen LogP contribution in [-0.2, 0) is 4.74 Å². The second kappa shape index (κ2) is 8.76. The zero-order valence-corrected chi connectivity index (χ0v) is 18.7. The predicted molar refractivity (Wildman–Crippen MR) is 125 cm³/mol. The van der Waals surface area contributed by atoms with Gasteiger partial charge in [0.05, 0.1) is 17.7 Å². The number of hydrogen-bond donors (Lipinski definition) is 1. The Morgan fingerprint density at radius 3 is 2.62 bits per heavy atom. The first kappa shape index (κ1) is 21.5. The molecule has 7 nitrogen and oxygen atoms in total. The number of nitrogens with one attached hydrogen (secondary N) is 1. The van der Waals surface area contributed by atoms with Crippen molar-refractivity contribution in [3.05, 3.63) is 86.6 Å². The molecule has 4 aromatic rings. The number of aromatic nitrogens is 2. The Morgan fingerprint density at radius 2 is 1.91 bits per heavy atom. The monoisotopic (exact) mass is 447 g/mol. The van der Waals surface area contributed by atoms with Gasteiger partial charge in [-0.3, -0.25) is 9.59 Å². The van der Waals surface area contributed by atoms with Crippen LogP contribution in [0, 0.1) is 13.8 Å². The van der Waals surface area contributed by atoms with Crippen LogP contribution in [0.1, 0.15) is 38.9 Å². The number of esters is 1. The molecule has 0 atom stereocenters. The van der Waals surface area contributed by atoms with E-state index in [9.17, 15) is 14.4 Å². The normalized spacial score (nSPS) is 10.8. The number of benzene rings is 2. The number of amides is 1. The largest absolute Gasteiger partial charge is 0.461 e. The van der Waals surface area contributed by atoms with Gasteiger partial charge in [-0.15, -0.1) is 11.3 Å². The highest BCUT2D eigenvalue weighted by Crippen LogP contribution is 2.31. The van der Waals surface area contributed by atoms with Gasteiger partial charge in [0.2, 0.25) is 0 Å². The fraction of sp³-hybridized carbons (Fsp3) is 0.167. The number of rotatable bonds is 5. The van der Waals surface area contributed by atoms with Gasteiger partial charge in [-0.05, 0) is 50.1 Å². The standard InChI is InChI=1S/C24H21N3O4S/c1-4-31-24(30)20-18-13-32-22(25-21(28)17-11-6-5-9-15(17)3)19(18)23(29)27(26-20)16-10-7-8-14(2)12-16/h5-13H,4H2,1-3H3,(H,25,28). The number of thiophene rings is 1. The molecular formula is C24H21N3O4S. The summed E-state index contributed by atoms with van der Waals surface area (Å²) in [7, 11) is 0. The van der Waals surface area contributed by atoms with E-state index >= 15 is 0 Å². The third kappa shape index (κ3) is 3.92. The Kier molecular flexibility index (Phi) is 5.87. The van der Waals surface area contributed by atoms with E-state index in [4.69, 9.17) is 4.74 Å².